The number of benzene rings is 5. The smallest absolute Gasteiger partial charge is 0.293 e. The molecule has 9 aliphatic rings. The topological polar surface area (TPSA) is 401 Å². The van der Waals surface area contributed by atoms with Crippen molar-refractivity contribution in [3.05, 3.63) is 296 Å². The number of Topliss-reactive ketones (excluding diaryl/α,β-unsaturated/α-hetero) is 4. The number of ketones is 4. The standard InChI is InChI=1S/C27H26ClN3O3.C27H25F2N3O3.C24H22F2N6O3S.C23H24N6O3/c1-16-10-11-19(15-20(16)28)29-25(33)23-17(2)22(21-9-6-14-31(21)23)24(32)26(34)30-27(12-13-27)18-7-4-3-5-8-18;1-15-19(28)13-18(14-20(15)29)30-25(34)23-16(2)22(21-9-6-12-32(21)23)24(33)26(35)31-27(10-11-27)17-7-4-3-5-8-17;1-10-16(20(33)22(35)30-24(4-5-24)23-31-28-9-36-23)15-8-12-7-14(12)32(15)19(10)21(34)29-13-3-6-27-18(11(2)25)17(13)26;1-13-5-3-6-15(11-13)25-21(31)19-14(2)18(16-7-4-10-29(16)19)20(30)22(32)26-23(8-9-23)17-12-24-28-27-17/h3-5,7-8,10-11,15H,6,9,12-14H2,1-2H3,(H,29,33)(H,30,34);3-5,7-8,13-14H,6,9-12H2,1-2H3,(H,30,34)(H,31,35);3,6,9,11-12,14H,4-5,7-8H2,1-2H3,(H,30,35)(H,27,29,34);3,5-6,11-12H,4,7-10H2,1-2H3,(H,25,31)(H,26,32)(H,24,27,28)/t;;11?,12-,14-;/m..1./s1. The van der Waals surface area contributed by atoms with E-state index < -0.39 is 110 Å². The third-order valence-electron chi connectivity index (χ3n) is 27.6. The molecule has 7 aromatic heterocycles. The molecule has 0 saturated heterocycles. The first-order valence-corrected chi connectivity index (χ1v) is 46.8. The van der Waals surface area contributed by atoms with Gasteiger partial charge in [-0.15, -0.1) is 21.5 Å². The van der Waals surface area contributed by atoms with Crippen molar-refractivity contribution < 1.29 is 75.1 Å². The molecule has 9 N–H and O–H groups in total. The van der Waals surface area contributed by atoms with Gasteiger partial charge in [-0.05, 0) is 251 Å². The number of aryl methyl sites for hydroxylation is 2. The fourth-order valence-electron chi connectivity index (χ4n) is 19.8. The minimum atomic E-state index is -1.65. The molecule has 8 amide bonds. The van der Waals surface area contributed by atoms with Gasteiger partial charge in [0.2, 0.25) is 0 Å². The Hall–Kier alpha value is -14.5. The number of alkyl halides is 1. The second-order valence-corrected chi connectivity index (χ2v) is 38.0. The van der Waals surface area contributed by atoms with Gasteiger partial charge in [0.1, 0.15) is 62.5 Å². The Morgan fingerprint density at radius 3 is 1.37 bits per heavy atom. The van der Waals surface area contributed by atoms with Crippen LogP contribution in [0.4, 0.5) is 40.3 Å². The molecule has 1 unspecified atom stereocenters. The van der Waals surface area contributed by atoms with Gasteiger partial charge in [0.15, 0.2) is 5.82 Å². The lowest BCUT2D eigenvalue weighted by Gasteiger charge is -2.17. The lowest BCUT2D eigenvalue weighted by atomic mass is 10.0. The monoisotopic (exact) mass is 1900 g/mol. The van der Waals surface area contributed by atoms with Crippen molar-refractivity contribution in [3.63, 3.8) is 0 Å². The Bertz CT molecular complexity index is 7000. The summed E-state index contributed by atoms with van der Waals surface area (Å²) < 4.78 is 63.7. The summed E-state index contributed by atoms with van der Waals surface area (Å²) >= 11 is 7.53. The average molecular weight is 1900 g/mol. The van der Waals surface area contributed by atoms with Crippen LogP contribution in [0.5, 0.6) is 0 Å². The highest BCUT2D eigenvalue weighted by Gasteiger charge is 2.55. The molecule has 36 heteroatoms. The molecule has 21 rings (SSSR count). The largest absolute Gasteiger partial charge is 0.340 e. The highest BCUT2D eigenvalue weighted by molar-refractivity contribution is 7.09. The highest BCUT2D eigenvalue weighted by atomic mass is 35.5. The van der Waals surface area contributed by atoms with Crippen LogP contribution in [0.2, 0.25) is 5.02 Å². The number of carbonyl (C=O) groups excluding carboxylic acids is 12. The van der Waals surface area contributed by atoms with Gasteiger partial charge in [0.05, 0.1) is 56.3 Å². The predicted molar refractivity (Wildman–Crippen MR) is 499 cm³/mol. The van der Waals surface area contributed by atoms with E-state index in [1.165, 1.54) is 30.5 Å². The molecular formula is C101H97ClF4N18O12S. The third-order valence-corrected chi connectivity index (χ3v) is 28.9. The van der Waals surface area contributed by atoms with Crippen LogP contribution in [-0.2, 0) is 86.7 Å². The SMILES string of the molecule is Cc1c(C(=O)C(=O)NC2(c3nncs3)CC2)c2n(c1C(=O)Nc1ccnc(C(C)F)c1F)[C@@H]1C[C@@H]1C2.Cc1c(F)cc(NC(=O)c2c(C)c(C(=O)C(=O)NC3(c4ccccc4)CC3)c3n2CCC3)cc1F.Cc1ccc(NC(=O)c2c(C)c(C(=O)C(=O)NC3(c4ccccc4)CC3)c3n2CCC3)cc1Cl.Cc1cccc(NC(=O)c2c(C)c(C(=O)C(=O)NC3(c4cn[nH]n4)CC3)c3n2CCC3)c1. The summed E-state index contributed by atoms with van der Waals surface area (Å²) in [4.78, 5) is 162. The van der Waals surface area contributed by atoms with Crippen LogP contribution in [0.3, 0.4) is 0 Å². The summed E-state index contributed by atoms with van der Waals surface area (Å²) in [5.74, 6) is -9.34. The summed E-state index contributed by atoms with van der Waals surface area (Å²) in [5, 5.41) is 41.9. The Balaban J connectivity index is 0.000000122. The summed E-state index contributed by atoms with van der Waals surface area (Å²) in [6.07, 6.45) is 12.7. The Kier molecular flexibility index (Phi) is 24.9. The number of nitrogens with zero attached hydrogens (tertiary/aromatic N) is 9. The van der Waals surface area contributed by atoms with Crippen molar-refractivity contribution in [3.8, 4) is 0 Å². The van der Waals surface area contributed by atoms with E-state index >= 15 is 0 Å². The predicted octanol–water partition coefficient (Wildman–Crippen LogP) is 15.5. The van der Waals surface area contributed by atoms with Crippen molar-refractivity contribution in [1.29, 1.82) is 0 Å². The minimum Gasteiger partial charge on any atom is -0.340 e. The summed E-state index contributed by atoms with van der Waals surface area (Å²) in [6, 6.07) is 35.6. The van der Waals surface area contributed by atoms with Gasteiger partial charge in [-0.2, -0.15) is 15.4 Å². The van der Waals surface area contributed by atoms with E-state index in [2.05, 4.69) is 73.1 Å². The molecule has 0 bridgehead atoms. The van der Waals surface area contributed by atoms with Gasteiger partial charge in [0.25, 0.3) is 70.4 Å². The maximum absolute atomic E-state index is 14.7. The van der Waals surface area contributed by atoms with E-state index in [-0.39, 0.29) is 57.3 Å². The first kappa shape index (κ1) is 92.9. The number of halogens is 5. The number of fused-ring (bicyclic) bond motifs is 6. The maximum Gasteiger partial charge on any atom is 0.293 e. The van der Waals surface area contributed by atoms with Crippen LogP contribution < -0.4 is 42.5 Å². The molecule has 0 spiro atoms. The molecule has 5 aromatic carbocycles. The molecule has 30 nitrogen and oxygen atoms in total. The molecule has 11 heterocycles. The molecular weight excluding hydrogens is 1800 g/mol. The van der Waals surface area contributed by atoms with E-state index in [1.807, 2.05) is 119 Å². The van der Waals surface area contributed by atoms with E-state index in [0.29, 0.717) is 160 Å². The van der Waals surface area contributed by atoms with Crippen LogP contribution in [-0.4, -0.2) is 119 Å². The van der Waals surface area contributed by atoms with Gasteiger partial charge < -0.3 is 60.8 Å². The molecule has 5 saturated carbocycles. The minimum absolute atomic E-state index is 0.0206. The Labute approximate surface area is 792 Å². The normalized spacial score (nSPS) is 17.1. The van der Waals surface area contributed by atoms with Gasteiger partial charge in [-0.1, -0.05) is 90.5 Å². The number of amides is 8. The van der Waals surface area contributed by atoms with Crippen LogP contribution >= 0.6 is 22.9 Å². The fraction of sp³-hybridized carbons (Fsp3) is 0.337. The maximum atomic E-state index is 14.7. The first-order chi connectivity index (χ1) is 65.6. The van der Waals surface area contributed by atoms with Crippen LogP contribution in [0.15, 0.2) is 139 Å². The van der Waals surface area contributed by atoms with E-state index in [9.17, 15) is 75.1 Å². The van der Waals surface area contributed by atoms with Gasteiger partial charge >= 0.3 is 0 Å². The number of H-pyrrole nitrogens is 1. The van der Waals surface area contributed by atoms with Crippen molar-refractivity contribution in [1.82, 2.24) is 70.1 Å². The molecule has 704 valence electrons. The van der Waals surface area contributed by atoms with Crippen molar-refractivity contribution in [2.75, 3.05) is 21.3 Å². The Morgan fingerprint density at radius 2 is 0.934 bits per heavy atom. The van der Waals surface area contributed by atoms with E-state index in [4.69, 9.17) is 11.6 Å². The lowest BCUT2D eigenvalue weighted by Crippen LogP contribution is -2.40. The Morgan fingerprint density at radius 1 is 0.489 bits per heavy atom. The summed E-state index contributed by atoms with van der Waals surface area (Å²) in [5.41, 5.74) is 11.4. The van der Waals surface area contributed by atoms with Crippen molar-refractivity contribution in [2.45, 2.75) is 212 Å². The number of hydrogen-bond donors (Lipinski definition) is 9. The zero-order chi connectivity index (χ0) is 96.7. The third kappa shape index (κ3) is 17.8. The molecule has 4 aliphatic heterocycles. The molecule has 5 aliphatic carbocycles. The van der Waals surface area contributed by atoms with Crippen LogP contribution in [0, 0.1) is 71.8 Å². The van der Waals surface area contributed by atoms with E-state index in [0.717, 1.165) is 104 Å². The number of rotatable bonds is 25. The zero-order valence-electron chi connectivity index (χ0n) is 76.2. The summed E-state index contributed by atoms with van der Waals surface area (Å²) in [7, 11) is 0. The van der Waals surface area contributed by atoms with Gasteiger partial charge in [-0.3, -0.25) is 62.5 Å². The van der Waals surface area contributed by atoms with Crippen molar-refractivity contribution >= 4 is 116 Å². The molecule has 5 fully saturated rings. The number of carbonyl (C=O) groups is 12. The van der Waals surface area contributed by atoms with Gasteiger partial charge in [-0.25, -0.2) is 17.6 Å². The molecule has 12 aromatic rings. The molecule has 137 heavy (non-hydrogen) atoms. The number of hydrogen-bond acceptors (Lipinski definition) is 18. The van der Waals surface area contributed by atoms with E-state index in [1.54, 1.807) is 56.1 Å². The van der Waals surface area contributed by atoms with Crippen molar-refractivity contribution in [2.24, 2.45) is 5.92 Å². The quantitative estimate of drug-likeness (QED) is 0.0146. The van der Waals surface area contributed by atoms with Crippen LogP contribution in [0.1, 0.15) is 269 Å². The number of aromatic amines is 1. The number of aromatic nitrogens is 10. The average Bonchev–Trinajstić information content (AvgIpc) is 1.54. The zero-order valence-corrected chi connectivity index (χ0v) is 77.7. The second kappa shape index (κ2) is 36.6. The fourth-order valence-corrected chi connectivity index (χ4v) is 20.7. The molecule has 0 radical (unpaired) electrons. The number of pyridine rings is 1. The summed E-state index contributed by atoms with van der Waals surface area (Å²) in [6.45, 7) is 14.8. The van der Waals surface area contributed by atoms with Gasteiger partial charge in [0, 0.05) is 82.3 Å². The number of nitrogens with one attached hydrogen (secondary N) is 9. The first-order valence-electron chi connectivity index (χ1n) is 45.6. The number of anilines is 4. The second-order valence-electron chi connectivity index (χ2n) is 36.8. The molecule has 3 atom stereocenters. The highest BCUT2D eigenvalue weighted by Crippen LogP contribution is 2.56. The lowest BCUT2D eigenvalue weighted by molar-refractivity contribution is -0.118. The van der Waals surface area contributed by atoms with Crippen LogP contribution in [0.25, 0.3) is 0 Å².